The standard InChI is InChI=1S/C7H8GeO.ClH/c8-7(9)6-4-2-1-3-5-6;/h1-5H,8H3;1H. The summed E-state index contributed by atoms with van der Waals surface area (Å²) >= 11 is 0.286. The average Bonchev–Trinajstić information content (AvgIpc) is 1.90. The van der Waals surface area contributed by atoms with Crippen molar-refractivity contribution in [1.29, 1.82) is 0 Å². The molecule has 0 N–H and O–H groups in total. The molecule has 0 fully saturated rings. The van der Waals surface area contributed by atoms with Gasteiger partial charge in [-0.3, -0.25) is 0 Å². The number of carbonyl (C=O) groups is 1. The number of halogens is 1. The van der Waals surface area contributed by atoms with Gasteiger partial charge >= 0.3 is 61.8 Å². The molecule has 0 saturated heterocycles. The Morgan fingerprint density at radius 2 is 1.70 bits per heavy atom. The zero-order valence-corrected chi connectivity index (χ0v) is 10.7. The summed E-state index contributed by atoms with van der Waals surface area (Å²) in [7, 11) is 0. The van der Waals surface area contributed by atoms with Crippen molar-refractivity contribution < 1.29 is 4.79 Å². The van der Waals surface area contributed by atoms with E-state index in [1.807, 2.05) is 30.3 Å². The van der Waals surface area contributed by atoms with Crippen LogP contribution in [-0.2, 0) is 0 Å². The van der Waals surface area contributed by atoms with E-state index < -0.39 is 0 Å². The molecule has 0 aliphatic rings. The Morgan fingerprint density at radius 3 is 2.00 bits per heavy atom. The second-order valence-electron chi connectivity index (χ2n) is 1.92. The molecule has 1 nitrogen and oxygen atoms in total. The van der Waals surface area contributed by atoms with Crippen LogP contribution in [0.5, 0.6) is 0 Å². The zero-order valence-electron chi connectivity index (χ0n) is 5.70. The van der Waals surface area contributed by atoms with E-state index >= 15 is 0 Å². The number of hydrogen-bond acceptors (Lipinski definition) is 1. The van der Waals surface area contributed by atoms with Crippen molar-refractivity contribution >= 4 is 33.5 Å². The van der Waals surface area contributed by atoms with Crippen LogP contribution in [0.4, 0.5) is 0 Å². The van der Waals surface area contributed by atoms with Crippen LogP contribution < -0.4 is 0 Å². The SMILES string of the molecule is Cl.O=[C]([GeH3])c1ccccc1. The number of rotatable bonds is 1. The Balaban J connectivity index is 0.000000810. The van der Waals surface area contributed by atoms with E-state index in [0.29, 0.717) is 4.62 Å². The Labute approximate surface area is 74.5 Å². The topological polar surface area (TPSA) is 17.1 Å². The van der Waals surface area contributed by atoms with Crippen molar-refractivity contribution in [3.05, 3.63) is 35.9 Å². The molecule has 10 heavy (non-hydrogen) atoms. The Morgan fingerprint density at radius 1 is 1.20 bits per heavy atom. The van der Waals surface area contributed by atoms with Crippen LogP contribution in [0.1, 0.15) is 10.4 Å². The summed E-state index contributed by atoms with van der Waals surface area (Å²) < 4.78 is 0.308. The summed E-state index contributed by atoms with van der Waals surface area (Å²) in [4.78, 5) is 10.7. The predicted molar refractivity (Wildman–Crippen MR) is 48.0 cm³/mol. The van der Waals surface area contributed by atoms with Gasteiger partial charge in [0.1, 0.15) is 0 Å². The molecule has 0 aliphatic heterocycles. The molecule has 0 heterocycles. The van der Waals surface area contributed by atoms with Gasteiger partial charge in [0.2, 0.25) is 0 Å². The van der Waals surface area contributed by atoms with Gasteiger partial charge in [0.25, 0.3) is 0 Å². The molecule has 0 bridgehead atoms. The molecule has 54 valence electrons. The average molecular weight is 217 g/mol. The van der Waals surface area contributed by atoms with Crippen molar-refractivity contribution in [1.82, 2.24) is 0 Å². The molecule has 1 aromatic rings. The molecule has 1 rings (SSSR count). The molecule has 0 saturated carbocycles. The van der Waals surface area contributed by atoms with Crippen LogP contribution in [0.25, 0.3) is 0 Å². The van der Waals surface area contributed by atoms with Crippen LogP contribution in [0.15, 0.2) is 30.3 Å². The van der Waals surface area contributed by atoms with Crippen LogP contribution >= 0.6 is 12.4 Å². The van der Waals surface area contributed by atoms with Gasteiger partial charge in [0.05, 0.1) is 0 Å². The van der Waals surface area contributed by atoms with Gasteiger partial charge in [-0.2, -0.15) is 0 Å². The normalized spacial score (nSPS) is 8.40. The number of benzene rings is 1. The number of hydrogen-bond donors (Lipinski definition) is 0. The van der Waals surface area contributed by atoms with E-state index in [1.165, 1.54) is 0 Å². The summed E-state index contributed by atoms with van der Waals surface area (Å²) in [5.74, 6) is 0. The first-order valence-corrected chi connectivity index (χ1v) is 4.96. The molecule has 1 aromatic carbocycles. The van der Waals surface area contributed by atoms with Crippen molar-refractivity contribution in [3.8, 4) is 0 Å². The fourth-order valence-corrected chi connectivity index (χ4v) is 1.37. The van der Waals surface area contributed by atoms with Crippen molar-refractivity contribution in [3.63, 3.8) is 0 Å². The Kier molecular flexibility index (Phi) is 4.40. The van der Waals surface area contributed by atoms with Gasteiger partial charge in [0.15, 0.2) is 0 Å². The first-order chi connectivity index (χ1) is 4.30. The Bertz CT molecular complexity index is 210. The fraction of sp³-hybridized carbons (Fsp3) is 0. The van der Waals surface area contributed by atoms with E-state index in [0.717, 1.165) is 5.56 Å². The first kappa shape index (κ1) is 9.72. The van der Waals surface area contributed by atoms with Crippen LogP contribution in [0, 0.1) is 0 Å². The number of carbonyl (C=O) groups excluding carboxylic acids is 1. The maximum absolute atomic E-state index is 10.7. The van der Waals surface area contributed by atoms with Crippen LogP contribution in [0.2, 0.25) is 0 Å². The molecular weight excluding hydrogens is 208 g/mol. The molecule has 0 unspecified atom stereocenters. The monoisotopic (exact) mass is 218 g/mol. The second-order valence-corrected chi connectivity index (χ2v) is 3.83. The van der Waals surface area contributed by atoms with E-state index in [4.69, 9.17) is 0 Å². The third-order valence-electron chi connectivity index (χ3n) is 1.18. The molecule has 3 heteroatoms. The van der Waals surface area contributed by atoms with Crippen molar-refractivity contribution in [2.75, 3.05) is 0 Å². The third-order valence-corrected chi connectivity index (χ3v) is 2.39. The van der Waals surface area contributed by atoms with E-state index in [9.17, 15) is 4.79 Å². The summed E-state index contributed by atoms with van der Waals surface area (Å²) in [6.45, 7) is 0. The summed E-state index contributed by atoms with van der Waals surface area (Å²) in [6, 6.07) is 9.40. The van der Waals surface area contributed by atoms with Gasteiger partial charge in [0, 0.05) is 0 Å². The van der Waals surface area contributed by atoms with Crippen molar-refractivity contribution in [2.45, 2.75) is 0 Å². The molecule has 0 amide bonds. The quantitative estimate of drug-likeness (QED) is 0.630. The van der Waals surface area contributed by atoms with Gasteiger partial charge in [-0.1, -0.05) is 0 Å². The van der Waals surface area contributed by atoms with E-state index in [-0.39, 0.29) is 28.9 Å². The summed E-state index contributed by atoms with van der Waals surface area (Å²) in [5, 5.41) is 0. The molecule has 0 radical (unpaired) electrons. The second kappa shape index (κ2) is 4.52. The van der Waals surface area contributed by atoms with Crippen LogP contribution in [-0.4, -0.2) is 21.1 Å². The summed E-state index contributed by atoms with van der Waals surface area (Å²) in [5.41, 5.74) is 0.859. The molecule has 0 aromatic heterocycles. The predicted octanol–water partition coefficient (Wildman–Crippen LogP) is 0.614. The molecular formula is C7H9ClGeO. The molecule has 0 aliphatic carbocycles. The molecule has 0 atom stereocenters. The van der Waals surface area contributed by atoms with Gasteiger partial charge in [-0.15, -0.1) is 12.4 Å². The zero-order chi connectivity index (χ0) is 6.69. The fourth-order valence-electron chi connectivity index (χ4n) is 0.673. The van der Waals surface area contributed by atoms with Crippen LogP contribution in [0.3, 0.4) is 0 Å². The molecule has 0 spiro atoms. The third kappa shape index (κ3) is 2.54. The van der Waals surface area contributed by atoms with Gasteiger partial charge < -0.3 is 0 Å². The van der Waals surface area contributed by atoms with E-state index in [1.54, 1.807) is 0 Å². The minimum absolute atomic E-state index is 0. The van der Waals surface area contributed by atoms with Gasteiger partial charge in [-0.25, -0.2) is 0 Å². The minimum atomic E-state index is 0. The Hall–Kier alpha value is -0.277. The maximum atomic E-state index is 10.7. The summed E-state index contributed by atoms with van der Waals surface area (Å²) in [6.07, 6.45) is 0. The van der Waals surface area contributed by atoms with Crippen molar-refractivity contribution in [2.24, 2.45) is 0 Å². The first-order valence-electron chi connectivity index (χ1n) is 2.86. The van der Waals surface area contributed by atoms with E-state index in [2.05, 4.69) is 0 Å². The van der Waals surface area contributed by atoms with Gasteiger partial charge in [-0.05, 0) is 0 Å².